The van der Waals surface area contributed by atoms with Gasteiger partial charge in [-0.3, -0.25) is 9.10 Å². The maximum absolute atomic E-state index is 12.8. The lowest BCUT2D eigenvalue weighted by atomic mass is 10.1. The Morgan fingerprint density at radius 3 is 2.67 bits per heavy atom. The maximum Gasteiger partial charge on any atom is 0.257 e. The monoisotopic (exact) mass is 383 g/mol. The van der Waals surface area contributed by atoms with Crippen LogP contribution in [0.25, 0.3) is 10.9 Å². The summed E-state index contributed by atoms with van der Waals surface area (Å²) < 4.78 is 27.9. The number of fused-ring (bicyclic) bond motifs is 1. The van der Waals surface area contributed by atoms with E-state index < -0.39 is 10.0 Å². The summed E-state index contributed by atoms with van der Waals surface area (Å²) in [6.07, 6.45) is 2.42. The summed E-state index contributed by atoms with van der Waals surface area (Å²) in [6, 6.07) is 13.1. The highest BCUT2D eigenvalue weighted by molar-refractivity contribution is 7.93. The Morgan fingerprint density at radius 1 is 1.15 bits per heavy atom. The normalized spacial score (nSPS) is 16.0. The minimum Gasteiger partial charge on any atom is -0.350 e. The summed E-state index contributed by atoms with van der Waals surface area (Å²) >= 11 is 0. The molecule has 0 spiro atoms. The smallest absolute Gasteiger partial charge is 0.257 e. The number of benzene rings is 2. The maximum atomic E-state index is 12.8. The van der Waals surface area contributed by atoms with Crippen LogP contribution in [0.15, 0.2) is 48.7 Å². The van der Waals surface area contributed by atoms with E-state index in [1.54, 1.807) is 18.3 Å². The van der Waals surface area contributed by atoms with Crippen molar-refractivity contribution in [3.63, 3.8) is 0 Å². The van der Waals surface area contributed by atoms with Crippen LogP contribution in [-0.2, 0) is 17.1 Å². The minimum absolute atomic E-state index is 0.166. The van der Waals surface area contributed by atoms with Crippen molar-refractivity contribution in [2.24, 2.45) is 7.05 Å². The molecule has 0 unspecified atom stereocenters. The summed E-state index contributed by atoms with van der Waals surface area (Å²) in [5.74, 6) is -0.0511. The van der Waals surface area contributed by atoms with Gasteiger partial charge in [-0.05, 0) is 37.1 Å². The molecule has 3 aromatic rings. The number of rotatable bonds is 3. The molecule has 1 aromatic heterocycles. The van der Waals surface area contributed by atoms with Gasteiger partial charge in [0, 0.05) is 36.4 Å². The van der Waals surface area contributed by atoms with Crippen molar-refractivity contribution >= 4 is 38.2 Å². The fourth-order valence-corrected chi connectivity index (χ4v) is 5.20. The number of carbonyl (C=O) groups excluding carboxylic acids is 1. The number of sulfonamides is 1. The zero-order valence-corrected chi connectivity index (χ0v) is 16.1. The Balaban J connectivity index is 1.67. The summed E-state index contributed by atoms with van der Waals surface area (Å²) in [5, 5.41) is 3.79. The van der Waals surface area contributed by atoms with Crippen molar-refractivity contribution in [3.8, 4) is 0 Å². The molecule has 7 heteroatoms. The molecule has 1 N–H and O–H groups in total. The van der Waals surface area contributed by atoms with E-state index in [-0.39, 0.29) is 11.7 Å². The summed E-state index contributed by atoms with van der Waals surface area (Å²) in [5.41, 5.74) is 3.64. The highest BCUT2D eigenvalue weighted by atomic mass is 32.2. The first kappa shape index (κ1) is 17.6. The molecule has 1 aliphatic rings. The second kappa shape index (κ2) is 6.42. The van der Waals surface area contributed by atoms with Crippen LogP contribution in [0.4, 0.5) is 11.4 Å². The number of aromatic nitrogens is 1. The van der Waals surface area contributed by atoms with Gasteiger partial charge in [0.1, 0.15) is 0 Å². The quantitative estimate of drug-likeness (QED) is 0.754. The molecule has 4 rings (SSSR count). The third-order valence-corrected chi connectivity index (χ3v) is 6.83. The first-order chi connectivity index (χ1) is 12.9. The van der Waals surface area contributed by atoms with Crippen LogP contribution in [0.3, 0.4) is 0 Å². The van der Waals surface area contributed by atoms with Crippen LogP contribution in [0.5, 0.6) is 0 Å². The Kier molecular flexibility index (Phi) is 4.19. The lowest BCUT2D eigenvalue weighted by molar-refractivity contribution is 0.102. The molecule has 0 radical (unpaired) electrons. The van der Waals surface area contributed by atoms with Gasteiger partial charge in [0.15, 0.2) is 0 Å². The van der Waals surface area contributed by atoms with Crippen molar-refractivity contribution in [2.75, 3.05) is 21.9 Å². The molecular weight excluding hydrogens is 362 g/mol. The summed E-state index contributed by atoms with van der Waals surface area (Å²) in [4.78, 5) is 12.8. The van der Waals surface area contributed by atoms with Gasteiger partial charge in [-0.2, -0.15) is 0 Å². The number of nitrogens with one attached hydrogen (secondary N) is 1. The van der Waals surface area contributed by atoms with Gasteiger partial charge in [0.25, 0.3) is 5.91 Å². The third-order valence-electron chi connectivity index (χ3n) is 4.98. The van der Waals surface area contributed by atoms with Crippen LogP contribution < -0.4 is 9.62 Å². The Hall–Kier alpha value is -2.80. The van der Waals surface area contributed by atoms with Gasteiger partial charge >= 0.3 is 0 Å². The zero-order valence-electron chi connectivity index (χ0n) is 15.3. The topological polar surface area (TPSA) is 71.4 Å². The number of para-hydroxylation sites is 1. The van der Waals surface area contributed by atoms with E-state index in [2.05, 4.69) is 5.32 Å². The number of aryl methyl sites for hydroxylation is 2. The SMILES string of the molecule is Cc1ccc(NC(=O)c2cn(C)c3ccccc23)cc1N1CCCS1(=O)=O. The van der Waals surface area contributed by atoms with E-state index in [4.69, 9.17) is 0 Å². The van der Waals surface area contributed by atoms with Crippen LogP contribution in [0.1, 0.15) is 22.3 Å². The lowest BCUT2D eigenvalue weighted by Crippen LogP contribution is -2.26. The summed E-state index contributed by atoms with van der Waals surface area (Å²) in [7, 11) is -1.36. The standard InChI is InChI=1S/C20H21N3O3S/c1-14-8-9-15(12-19(14)23-10-5-11-27(23,25)26)21-20(24)17-13-22(2)18-7-4-3-6-16(17)18/h3-4,6-9,12-13H,5,10-11H2,1-2H3,(H,21,24). The largest absolute Gasteiger partial charge is 0.350 e. The summed E-state index contributed by atoms with van der Waals surface area (Å²) in [6.45, 7) is 2.35. The highest BCUT2D eigenvalue weighted by Crippen LogP contribution is 2.30. The molecule has 1 amide bonds. The molecule has 1 aliphatic heterocycles. The van der Waals surface area contributed by atoms with Crippen molar-refractivity contribution in [1.82, 2.24) is 4.57 Å². The number of anilines is 2. The highest BCUT2D eigenvalue weighted by Gasteiger charge is 2.29. The average Bonchev–Trinajstić information content (AvgIpc) is 3.16. The molecule has 0 atom stereocenters. The molecule has 1 fully saturated rings. The number of hydrogen-bond acceptors (Lipinski definition) is 3. The number of amides is 1. The van der Waals surface area contributed by atoms with Crippen LogP contribution in [-0.4, -0.2) is 31.2 Å². The van der Waals surface area contributed by atoms with Crippen molar-refractivity contribution in [1.29, 1.82) is 0 Å². The van der Waals surface area contributed by atoms with E-state index in [0.29, 0.717) is 29.9 Å². The Bertz CT molecular complexity index is 1150. The first-order valence-corrected chi connectivity index (χ1v) is 10.4. The van der Waals surface area contributed by atoms with Crippen molar-refractivity contribution in [2.45, 2.75) is 13.3 Å². The van der Waals surface area contributed by atoms with Gasteiger partial charge in [0.05, 0.1) is 17.0 Å². The second-order valence-electron chi connectivity index (χ2n) is 6.87. The molecule has 27 heavy (non-hydrogen) atoms. The second-order valence-corrected chi connectivity index (χ2v) is 8.88. The molecule has 6 nitrogen and oxygen atoms in total. The van der Waals surface area contributed by atoms with Crippen LogP contribution in [0.2, 0.25) is 0 Å². The van der Waals surface area contributed by atoms with Gasteiger partial charge in [-0.1, -0.05) is 24.3 Å². The molecular formula is C20H21N3O3S. The van der Waals surface area contributed by atoms with E-state index in [0.717, 1.165) is 16.5 Å². The fraction of sp³-hybridized carbons (Fsp3) is 0.250. The molecule has 140 valence electrons. The van der Waals surface area contributed by atoms with E-state index >= 15 is 0 Å². The number of nitrogens with zero attached hydrogens (tertiary/aromatic N) is 2. The van der Waals surface area contributed by atoms with E-state index in [1.807, 2.05) is 48.9 Å². The van der Waals surface area contributed by atoms with Crippen LogP contribution >= 0.6 is 0 Å². The molecule has 2 heterocycles. The van der Waals surface area contributed by atoms with E-state index in [1.165, 1.54) is 4.31 Å². The molecule has 0 bridgehead atoms. The van der Waals surface area contributed by atoms with Gasteiger partial charge in [-0.15, -0.1) is 0 Å². The molecule has 2 aromatic carbocycles. The van der Waals surface area contributed by atoms with Gasteiger partial charge in [-0.25, -0.2) is 8.42 Å². The van der Waals surface area contributed by atoms with Gasteiger partial charge in [0.2, 0.25) is 10.0 Å². The average molecular weight is 383 g/mol. The van der Waals surface area contributed by atoms with Crippen molar-refractivity contribution < 1.29 is 13.2 Å². The van der Waals surface area contributed by atoms with Crippen molar-refractivity contribution in [3.05, 3.63) is 59.8 Å². The Morgan fingerprint density at radius 2 is 1.93 bits per heavy atom. The van der Waals surface area contributed by atoms with E-state index in [9.17, 15) is 13.2 Å². The van der Waals surface area contributed by atoms with Crippen LogP contribution in [0, 0.1) is 6.92 Å². The zero-order chi connectivity index (χ0) is 19.2. The first-order valence-electron chi connectivity index (χ1n) is 8.83. The molecule has 1 saturated heterocycles. The molecule has 0 saturated carbocycles. The third kappa shape index (κ3) is 3.08. The predicted octanol–water partition coefficient (Wildman–Crippen LogP) is 3.28. The minimum atomic E-state index is -3.27. The molecule has 0 aliphatic carbocycles. The predicted molar refractivity (Wildman–Crippen MR) is 108 cm³/mol. The Labute approximate surface area is 158 Å². The number of carbonyl (C=O) groups is 1. The van der Waals surface area contributed by atoms with Gasteiger partial charge < -0.3 is 9.88 Å². The lowest BCUT2D eigenvalue weighted by Gasteiger charge is -2.20. The number of hydrogen-bond donors (Lipinski definition) is 1. The fourth-order valence-electron chi connectivity index (χ4n) is 3.59.